The minimum atomic E-state index is -0.993. The first kappa shape index (κ1) is 14.0. The molecule has 0 aliphatic carbocycles. The molecule has 1 saturated heterocycles. The summed E-state index contributed by atoms with van der Waals surface area (Å²) in [4.78, 5) is 25.7. The molecule has 0 saturated carbocycles. The Kier molecular flexibility index (Phi) is 4.21. The van der Waals surface area contributed by atoms with E-state index in [-0.39, 0.29) is 5.91 Å². The Balaban J connectivity index is 1.93. The summed E-state index contributed by atoms with van der Waals surface area (Å²) in [5.41, 5.74) is 1.17. The van der Waals surface area contributed by atoms with Gasteiger partial charge >= 0.3 is 5.97 Å². The number of carboxylic acid groups (broad SMARTS) is 1. The highest BCUT2D eigenvalue weighted by Gasteiger charge is 2.36. The Morgan fingerprint density at radius 2 is 2.16 bits per heavy atom. The number of likely N-dealkylation sites (N-methyl/N-ethyl adjacent to an activating group) is 1. The molecule has 2 heterocycles. The van der Waals surface area contributed by atoms with Gasteiger partial charge in [0.15, 0.2) is 6.10 Å². The van der Waals surface area contributed by atoms with E-state index in [0.717, 1.165) is 4.88 Å². The summed E-state index contributed by atoms with van der Waals surface area (Å²) in [5, 5.41) is 10.8. The van der Waals surface area contributed by atoms with E-state index in [2.05, 4.69) is 0 Å². The van der Waals surface area contributed by atoms with Crippen molar-refractivity contribution in [3.05, 3.63) is 21.9 Å². The number of aliphatic carboxylic acids is 1. The highest BCUT2D eigenvalue weighted by molar-refractivity contribution is 7.10. The summed E-state index contributed by atoms with van der Waals surface area (Å²) in [6.07, 6.45) is -0.585. The summed E-state index contributed by atoms with van der Waals surface area (Å²) < 4.78 is 5.27. The number of rotatable bonds is 4. The third-order valence-electron chi connectivity index (χ3n) is 3.30. The third-order valence-corrected chi connectivity index (χ3v) is 4.30. The van der Waals surface area contributed by atoms with Gasteiger partial charge in [-0.15, -0.1) is 11.3 Å². The van der Waals surface area contributed by atoms with Crippen molar-refractivity contribution in [1.29, 1.82) is 0 Å². The van der Waals surface area contributed by atoms with Gasteiger partial charge in [0.2, 0.25) is 0 Å². The third kappa shape index (κ3) is 3.13. The number of ether oxygens (including phenoxy) is 1. The van der Waals surface area contributed by atoms with Gasteiger partial charge in [-0.1, -0.05) is 0 Å². The average molecular weight is 283 g/mol. The lowest BCUT2D eigenvalue weighted by Gasteiger charge is -2.20. The van der Waals surface area contributed by atoms with Crippen LogP contribution in [0, 0.1) is 6.92 Å². The van der Waals surface area contributed by atoms with Gasteiger partial charge in [0.1, 0.15) is 6.10 Å². The number of thiophene rings is 1. The van der Waals surface area contributed by atoms with Crippen molar-refractivity contribution in [2.24, 2.45) is 0 Å². The Morgan fingerprint density at radius 1 is 1.47 bits per heavy atom. The molecule has 0 bridgehead atoms. The predicted octanol–water partition coefficient (Wildman–Crippen LogP) is 1.65. The molecule has 1 aromatic rings. The maximum atomic E-state index is 12.2. The molecule has 1 fully saturated rings. The largest absolute Gasteiger partial charge is 0.479 e. The van der Waals surface area contributed by atoms with Gasteiger partial charge in [0.05, 0.1) is 6.54 Å². The second-order valence-corrected chi connectivity index (χ2v) is 5.75. The molecule has 1 aliphatic heterocycles. The molecular formula is C13H17NO4S. The first-order chi connectivity index (χ1) is 8.99. The predicted molar refractivity (Wildman–Crippen MR) is 71.1 cm³/mol. The lowest BCUT2D eigenvalue weighted by molar-refractivity contribution is -0.154. The van der Waals surface area contributed by atoms with Gasteiger partial charge in [0.25, 0.3) is 5.91 Å². The number of amides is 1. The fourth-order valence-electron chi connectivity index (χ4n) is 2.11. The first-order valence-electron chi connectivity index (χ1n) is 6.15. The molecule has 2 rings (SSSR count). The van der Waals surface area contributed by atoms with Crippen molar-refractivity contribution in [2.75, 3.05) is 7.05 Å². The zero-order valence-electron chi connectivity index (χ0n) is 11.0. The molecular weight excluding hydrogens is 266 g/mol. The topological polar surface area (TPSA) is 66.8 Å². The fourth-order valence-corrected chi connectivity index (χ4v) is 3.06. The first-order valence-corrected chi connectivity index (χ1v) is 7.03. The van der Waals surface area contributed by atoms with Gasteiger partial charge in [-0.2, -0.15) is 0 Å². The standard InChI is InChI=1S/C13H17NO4S/c1-8-5-6-19-11(8)7-14(2)12(15)9-3-4-10(18-9)13(16)17/h5-6,9-10H,3-4,7H2,1-2H3,(H,16,17)/t9-,10+/m0/s1. The zero-order chi connectivity index (χ0) is 14.0. The van der Waals surface area contributed by atoms with Crippen molar-refractivity contribution in [3.8, 4) is 0 Å². The second kappa shape index (κ2) is 5.71. The van der Waals surface area contributed by atoms with E-state index in [1.807, 2.05) is 18.4 Å². The minimum absolute atomic E-state index is 0.142. The van der Waals surface area contributed by atoms with E-state index in [0.29, 0.717) is 19.4 Å². The molecule has 0 radical (unpaired) electrons. The average Bonchev–Trinajstić information content (AvgIpc) is 2.98. The number of carbonyl (C=O) groups excluding carboxylic acids is 1. The van der Waals surface area contributed by atoms with Crippen LogP contribution in [-0.4, -0.2) is 41.1 Å². The van der Waals surface area contributed by atoms with E-state index >= 15 is 0 Å². The molecule has 5 nitrogen and oxygen atoms in total. The van der Waals surface area contributed by atoms with Crippen LogP contribution in [0.3, 0.4) is 0 Å². The maximum Gasteiger partial charge on any atom is 0.332 e. The maximum absolute atomic E-state index is 12.2. The number of aryl methyl sites for hydroxylation is 1. The Morgan fingerprint density at radius 3 is 2.68 bits per heavy atom. The highest BCUT2D eigenvalue weighted by Crippen LogP contribution is 2.23. The van der Waals surface area contributed by atoms with Crippen LogP contribution < -0.4 is 0 Å². The molecule has 19 heavy (non-hydrogen) atoms. The number of hydrogen-bond acceptors (Lipinski definition) is 4. The van der Waals surface area contributed by atoms with Crippen LogP contribution in [0.1, 0.15) is 23.3 Å². The van der Waals surface area contributed by atoms with Crippen molar-refractivity contribution in [1.82, 2.24) is 4.90 Å². The SMILES string of the molecule is Cc1ccsc1CN(C)C(=O)[C@@H]1CC[C@H](C(=O)O)O1. The van der Waals surface area contributed by atoms with Crippen LogP contribution in [0.2, 0.25) is 0 Å². The second-order valence-electron chi connectivity index (χ2n) is 4.75. The lowest BCUT2D eigenvalue weighted by atomic mass is 10.2. The summed E-state index contributed by atoms with van der Waals surface area (Å²) in [5.74, 6) is -1.14. The Labute approximate surface area is 115 Å². The Hall–Kier alpha value is -1.40. The Bertz CT molecular complexity index is 485. The van der Waals surface area contributed by atoms with Crippen molar-refractivity contribution in [2.45, 2.75) is 38.5 Å². The monoisotopic (exact) mass is 283 g/mol. The zero-order valence-corrected chi connectivity index (χ0v) is 11.8. The van der Waals surface area contributed by atoms with Crippen LogP contribution in [-0.2, 0) is 20.9 Å². The highest BCUT2D eigenvalue weighted by atomic mass is 32.1. The normalized spacial score (nSPS) is 22.4. The van der Waals surface area contributed by atoms with Crippen LogP contribution in [0.4, 0.5) is 0 Å². The summed E-state index contributed by atoms with van der Waals surface area (Å²) >= 11 is 1.61. The van der Waals surface area contributed by atoms with Crippen LogP contribution in [0.25, 0.3) is 0 Å². The van der Waals surface area contributed by atoms with Crippen molar-refractivity contribution >= 4 is 23.2 Å². The van der Waals surface area contributed by atoms with E-state index in [9.17, 15) is 9.59 Å². The number of carbonyl (C=O) groups is 2. The molecule has 1 aromatic heterocycles. The summed E-state index contributed by atoms with van der Waals surface area (Å²) in [7, 11) is 1.72. The molecule has 1 aliphatic rings. The van der Waals surface area contributed by atoms with Gasteiger partial charge < -0.3 is 14.7 Å². The molecule has 0 aromatic carbocycles. The molecule has 0 unspecified atom stereocenters. The fraction of sp³-hybridized carbons (Fsp3) is 0.538. The smallest absolute Gasteiger partial charge is 0.332 e. The molecule has 2 atom stereocenters. The van der Waals surface area contributed by atoms with Crippen molar-refractivity contribution < 1.29 is 19.4 Å². The van der Waals surface area contributed by atoms with Gasteiger partial charge in [-0.3, -0.25) is 4.79 Å². The van der Waals surface area contributed by atoms with Gasteiger partial charge in [-0.25, -0.2) is 4.79 Å². The molecule has 104 valence electrons. The van der Waals surface area contributed by atoms with E-state index in [4.69, 9.17) is 9.84 Å². The number of nitrogens with zero attached hydrogens (tertiary/aromatic N) is 1. The van der Waals surface area contributed by atoms with Gasteiger partial charge in [0, 0.05) is 11.9 Å². The van der Waals surface area contributed by atoms with E-state index in [1.165, 1.54) is 5.56 Å². The number of carboxylic acids is 1. The minimum Gasteiger partial charge on any atom is -0.479 e. The number of hydrogen-bond donors (Lipinski definition) is 1. The van der Waals surface area contributed by atoms with Crippen LogP contribution in [0.15, 0.2) is 11.4 Å². The summed E-state index contributed by atoms with van der Waals surface area (Å²) in [6.45, 7) is 2.55. The molecule has 6 heteroatoms. The molecule has 1 amide bonds. The van der Waals surface area contributed by atoms with E-state index in [1.54, 1.807) is 23.3 Å². The van der Waals surface area contributed by atoms with E-state index < -0.39 is 18.2 Å². The van der Waals surface area contributed by atoms with Crippen LogP contribution >= 0.6 is 11.3 Å². The molecule has 1 N–H and O–H groups in total. The quantitative estimate of drug-likeness (QED) is 0.912. The summed E-state index contributed by atoms with van der Waals surface area (Å²) in [6, 6.07) is 2.02. The van der Waals surface area contributed by atoms with Crippen LogP contribution in [0.5, 0.6) is 0 Å². The van der Waals surface area contributed by atoms with Crippen molar-refractivity contribution in [3.63, 3.8) is 0 Å². The molecule has 0 spiro atoms. The van der Waals surface area contributed by atoms with Gasteiger partial charge in [-0.05, 0) is 36.8 Å². The lowest BCUT2D eigenvalue weighted by Crippen LogP contribution is -2.36.